The van der Waals surface area contributed by atoms with E-state index in [0.717, 1.165) is 25.9 Å². The SMILES string of the molecule is O=C(NC1C2CCN(CC2)C1I)c1cccc2oc(-c3ccco3)nc12. The van der Waals surface area contributed by atoms with Crippen LogP contribution < -0.4 is 5.32 Å². The molecular weight excluding hydrogens is 445 g/mol. The Balaban J connectivity index is 1.46. The van der Waals surface area contributed by atoms with Gasteiger partial charge in [-0.05, 0) is 56.1 Å². The van der Waals surface area contributed by atoms with Crippen LogP contribution in [0.25, 0.3) is 22.8 Å². The Kier molecular flexibility index (Phi) is 4.00. The molecule has 6 rings (SSSR count). The topological polar surface area (TPSA) is 71.5 Å². The Morgan fingerprint density at radius 2 is 2.08 bits per heavy atom. The van der Waals surface area contributed by atoms with Crippen LogP contribution in [0, 0.1) is 5.92 Å². The van der Waals surface area contributed by atoms with Crippen molar-refractivity contribution in [1.29, 1.82) is 0 Å². The van der Waals surface area contributed by atoms with E-state index in [0.29, 0.717) is 38.3 Å². The number of nitrogens with one attached hydrogen (secondary N) is 1. The van der Waals surface area contributed by atoms with Gasteiger partial charge in [0.1, 0.15) is 5.52 Å². The van der Waals surface area contributed by atoms with Crippen LogP contribution >= 0.6 is 22.6 Å². The summed E-state index contributed by atoms with van der Waals surface area (Å²) < 4.78 is 11.5. The van der Waals surface area contributed by atoms with Gasteiger partial charge >= 0.3 is 0 Å². The first-order valence-corrected chi connectivity index (χ1v) is 10.1. The van der Waals surface area contributed by atoms with Crippen molar-refractivity contribution in [1.82, 2.24) is 15.2 Å². The molecule has 7 heteroatoms. The second-order valence-electron chi connectivity index (χ2n) is 6.89. The Hall–Kier alpha value is -1.87. The van der Waals surface area contributed by atoms with Gasteiger partial charge in [-0.25, -0.2) is 4.98 Å². The Labute approximate surface area is 164 Å². The summed E-state index contributed by atoms with van der Waals surface area (Å²) in [5, 5.41) is 3.26. The molecule has 134 valence electrons. The van der Waals surface area contributed by atoms with Gasteiger partial charge in [0.2, 0.25) is 0 Å². The van der Waals surface area contributed by atoms with Gasteiger partial charge < -0.3 is 14.2 Å². The van der Waals surface area contributed by atoms with E-state index in [9.17, 15) is 4.79 Å². The van der Waals surface area contributed by atoms with Gasteiger partial charge in [0.05, 0.1) is 21.9 Å². The molecule has 3 fully saturated rings. The van der Waals surface area contributed by atoms with Gasteiger partial charge in [-0.2, -0.15) is 0 Å². The Bertz CT molecular complexity index is 942. The second-order valence-corrected chi connectivity index (χ2v) is 8.17. The fourth-order valence-corrected chi connectivity index (χ4v) is 5.35. The molecule has 1 amide bonds. The molecule has 26 heavy (non-hydrogen) atoms. The molecular formula is C19H18IN3O3. The lowest BCUT2D eigenvalue weighted by Gasteiger charge is -2.48. The summed E-state index contributed by atoms with van der Waals surface area (Å²) >= 11 is 2.46. The van der Waals surface area contributed by atoms with Gasteiger partial charge in [-0.15, -0.1) is 0 Å². The van der Waals surface area contributed by atoms with E-state index >= 15 is 0 Å². The number of furan rings is 1. The molecule has 3 aliphatic heterocycles. The zero-order valence-electron chi connectivity index (χ0n) is 14.0. The first-order valence-electron chi connectivity index (χ1n) is 8.83. The molecule has 1 N–H and O–H groups in total. The molecule has 2 bridgehead atoms. The van der Waals surface area contributed by atoms with Crippen molar-refractivity contribution in [3.63, 3.8) is 0 Å². The average molecular weight is 463 g/mol. The number of hydrogen-bond donors (Lipinski definition) is 1. The van der Waals surface area contributed by atoms with E-state index in [-0.39, 0.29) is 11.9 Å². The van der Waals surface area contributed by atoms with Crippen LogP contribution in [-0.4, -0.2) is 39.0 Å². The number of piperidine rings is 3. The van der Waals surface area contributed by atoms with Crippen LogP contribution in [0.1, 0.15) is 23.2 Å². The van der Waals surface area contributed by atoms with Gasteiger partial charge in [-0.1, -0.05) is 28.7 Å². The molecule has 3 aliphatic rings. The molecule has 2 unspecified atom stereocenters. The molecule has 0 aliphatic carbocycles. The minimum Gasteiger partial charge on any atom is -0.459 e. The Morgan fingerprint density at radius 1 is 1.23 bits per heavy atom. The van der Waals surface area contributed by atoms with E-state index < -0.39 is 0 Å². The van der Waals surface area contributed by atoms with E-state index in [1.165, 1.54) is 0 Å². The fraction of sp³-hybridized carbons (Fsp3) is 0.368. The lowest BCUT2D eigenvalue weighted by molar-refractivity contribution is 0.0554. The van der Waals surface area contributed by atoms with Crippen molar-refractivity contribution in [3.8, 4) is 11.7 Å². The third-order valence-corrected chi connectivity index (χ3v) is 6.98. The van der Waals surface area contributed by atoms with Crippen molar-refractivity contribution < 1.29 is 13.6 Å². The highest BCUT2D eigenvalue weighted by molar-refractivity contribution is 14.1. The van der Waals surface area contributed by atoms with Gasteiger partial charge in [0.25, 0.3) is 11.8 Å². The quantitative estimate of drug-likeness (QED) is 0.365. The number of aromatic nitrogens is 1. The number of amides is 1. The van der Waals surface area contributed by atoms with Crippen LogP contribution in [0.15, 0.2) is 45.4 Å². The molecule has 3 saturated heterocycles. The highest BCUT2D eigenvalue weighted by Gasteiger charge is 2.41. The number of hydrogen-bond acceptors (Lipinski definition) is 5. The summed E-state index contributed by atoms with van der Waals surface area (Å²) in [4.78, 5) is 20.0. The minimum absolute atomic E-state index is 0.0877. The second kappa shape index (κ2) is 6.38. The van der Waals surface area contributed by atoms with Crippen LogP contribution in [0.4, 0.5) is 0 Å². The summed E-state index contributed by atoms with van der Waals surface area (Å²) in [5.41, 5.74) is 1.70. The molecule has 6 nitrogen and oxygen atoms in total. The van der Waals surface area contributed by atoms with E-state index in [1.54, 1.807) is 24.5 Å². The molecule has 0 spiro atoms. The molecule has 0 radical (unpaired) electrons. The van der Waals surface area contributed by atoms with E-state index in [2.05, 4.69) is 37.8 Å². The Morgan fingerprint density at radius 3 is 2.81 bits per heavy atom. The molecule has 2 aromatic heterocycles. The van der Waals surface area contributed by atoms with Crippen molar-refractivity contribution in [2.75, 3.05) is 13.1 Å². The standard InChI is InChI=1S/C19H18IN3O3/c20-17-15(11-6-8-23(17)9-7-11)21-18(24)12-3-1-4-13-16(12)22-19(26-13)14-5-2-10-25-14/h1-5,10-11,15,17H,6-9H2,(H,21,24). The monoisotopic (exact) mass is 463 g/mol. The number of oxazole rings is 1. The number of alkyl halides is 1. The number of para-hydroxylation sites is 1. The highest BCUT2D eigenvalue weighted by Crippen LogP contribution is 2.35. The van der Waals surface area contributed by atoms with Gasteiger partial charge in [0.15, 0.2) is 11.3 Å². The van der Waals surface area contributed by atoms with Crippen molar-refractivity contribution >= 4 is 39.6 Å². The van der Waals surface area contributed by atoms with Gasteiger partial charge in [0, 0.05) is 0 Å². The normalized spacial score (nSPS) is 27.7. The van der Waals surface area contributed by atoms with Crippen LogP contribution in [0.2, 0.25) is 0 Å². The fourth-order valence-electron chi connectivity index (χ4n) is 4.03. The predicted molar refractivity (Wildman–Crippen MR) is 105 cm³/mol. The molecule has 0 saturated carbocycles. The number of halogens is 1. The zero-order valence-corrected chi connectivity index (χ0v) is 16.2. The number of rotatable bonds is 3. The predicted octanol–water partition coefficient (Wildman–Crippen LogP) is 3.67. The number of benzene rings is 1. The maximum Gasteiger partial charge on any atom is 0.263 e. The number of nitrogens with zero attached hydrogens (tertiary/aromatic N) is 2. The van der Waals surface area contributed by atoms with Crippen LogP contribution in [0.3, 0.4) is 0 Å². The van der Waals surface area contributed by atoms with E-state index in [4.69, 9.17) is 8.83 Å². The minimum atomic E-state index is -0.0877. The van der Waals surface area contributed by atoms with Crippen LogP contribution in [-0.2, 0) is 0 Å². The number of carbonyl (C=O) groups excluding carboxylic acids is 1. The smallest absolute Gasteiger partial charge is 0.263 e. The highest BCUT2D eigenvalue weighted by atomic mass is 127. The summed E-state index contributed by atoms with van der Waals surface area (Å²) in [6.07, 6.45) is 3.88. The van der Waals surface area contributed by atoms with Crippen molar-refractivity contribution in [2.24, 2.45) is 5.92 Å². The zero-order chi connectivity index (χ0) is 17.7. The summed E-state index contributed by atoms with van der Waals surface area (Å²) in [7, 11) is 0. The summed E-state index contributed by atoms with van der Waals surface area (Å²) in [6.45, 7) is 2.27. The average Bonchev–Trinajstić information content (AvgIpc) is 3.33. The van der Waals surface area contributed by atoms with E-state index in [1.807, 2.05) is 12.1 Å². The van der Waals surface area contributed by atoms with Gasteiger partial charge in [-0.3, -0.25) is 9.69 Å². The number of carbonyl (C=O) groups is 1. The lowest BCUT2D eigenvalue weighted by Crippen LogP contribution is -2.61. The third kappa shape index (κ3) is 2.64. The van der Waals surface area contributed by atoms with Crippen molar-refractivity contribution in [3.05, 3.63) is 42.2 Å². The molecule has 1 aromatic carbocycles. The third-order valence-electron chi connectivity index (χ3n) is 5.42. The maximum absolute atomic E-state index is 13.0. The van der Waals surface area contributed by atoms with Crippen molar-refractivity contribution in [2.45, 2.75) is 22.9 Å². The molecule has 2 atom stereocenters. The van der Waals surface area contributed by atoms with Crippen LogP contribution in [0.5, 0.6) is 0 Å². The molecule has 3 aromatic rings. The largest absolute Gasteiger partial charge is 0.459 e. The first-order chi connectivity index (χ1) is 12.7. The lowest BCUT2D eigenvalue weighted by atomic mass is 9.84. The summed E-state index contributed by atoms with van der Waals surface area (Å²) in [6, 6.07) is 9.20. The first kappa shape index (κ1) is 16.3. The molecule has 5 heterocycles. The summed E-state index contributed by atoms with van der Waals surface area (Å²) in [5.74, 6) is 1.41. The number of fused-ring (bicyclic) bond motifs is 4. The maximum atomic E-state index is 13.0.